The summed E-state index contributed by atoms with van der Waals surface area (Å²) in [6.45, 7) is 2.82. The molecule has 0 atom stereocenters. The number of nitrogens with zero attached hydrogens (tertiary/aromatic N) is 2. The van der Waals surface area contributed by atoms with Crippen LogP contribution in [0.15, 0.2) is 41.0 Å². The number of benzene rings is 1. The molecule has 3 nitrogen and oxygen atoms in total. The van der Waals surface area contributed by atoms with E-state index in [-0.39, 0.29) is 0 Å². The Labute approximate surface area is 124 Å². The Balaban J connectivity index is 2.10. The minimum Gasteiger partial charge on any atom is -0.329 e. The summed E-state index contributed by atoms with van der Waals surface area (Å²) in [7, 11) is 0. The van der Waals surface area contributed by atoms with Gasteiger partial charge in [-0.15, -0.1) is 0 Å². The maximum Gasteiger partial charge on any atom is 0.179 e. The Morgan fingerprint density at radius 1 is 1.37 bits per heavy atom. The Morgan fingerprint density at radius 3 is 3.00 bits per heavy atom. The second kappa shape index (κ2) is 4.90. The van der Waals surface area contributed by atoms with E-state index in [9.17, 15) is 0 Å². The number of aryl methyl sites for hydroxylation is 1. The molecule has 5 heteroatoms. The largest absolute Gasteiger partial charge is 0.329 e. The number of nitrogens with one attached hydrogen (secondary N) is 1. The molecule has 1 N–H and O–H groups in total. The second-order valence-corrected chi connectivity index (χ2v) is 5.83. The van der Waals surface area contributed by atoms with Crippen molar-refractivity contribution in [3.8, 4) is 0 Å². The molecule has 2 aromatic heterocycles. The van der Waals surface area contributed by atoms with Crippen molar-refractivity contribution in [1.82, 2.24) is 14.5 Å². The van der Waals surface area contributed by atoms with Crippen LogP contribution in [0.1, 0.15) is 11.1 Å². The van der Waals surface area contributed by atoms with E-state index in [0.29, 0.717) is 4.77 Å². The fourth-order valence-electron chi connectivity index (χ4n) is 2.16. The van der Waals surface area contributed by atoms with E-state index in [1.165, 1.54) is 11.1 Å². The van der Waals surface area contributed by atoms with Crippen molar-refractivity contribution >= 4 is 39.3 Å². The fourth-order valence-corrected chi connectivity index (χ4v) is 2.75. The number of fused-ring (bicyclic) bond motifs is 1. The standard InChI is InChI=1S/C14H12BrN3S/c1-9-3-2-4-10(5-9)8-18-13-12(17-14(18)19)6-11(15)7-16-13/h2-7H,8H2,1H3,(H,17,19). The van der Waals surface area contributed by atoms with Gasteiger partial charge in [0.1, 0.15) is 0 Å². The molecule has 0 saturated heterocycles. The molecule has 0 saturated carbocycles. The number of rotatable bonds is 2. The van der Waals surface area contributed by atoms with E-state index in [0.717, 1.165) is 22.2 Å². The van der Waals surface area contributed by atoms with Crippen molar-refractivity contribution in [2.75, 3.05) is 0 Å². The molecule has 1 aromatic carbocycles. The van der Waals surface area contributed by atoms with E-state index in [2.05, 4.69) is 57.1 Å². The number of aromatic nitrogens is 3. The van der Waals surface area contributed by atoms with Gasteiger partial charge in [-0.3, -0.25) is 4.57 Å². The van der Waals surface area contributed by atoms with Gasteiger partial charge in [0.15, 0.2) is 10.4 Å². The number of pyridine rings is 1. The van der Waals surface area contributed by atoms with Crippen LogP contribution in [0, 0.1) is 11.7 Å². The van der Waals surface area contributed by atoms with Crippen molar-refractivity contribution in [1.29, 1.82) is 0 Å². The van der Waals surface area contributed by atoms with Crippen LogP contribution in [0.2, 0.25) is 0 Å². The fraction of sp³-hybridized carbons (Fsp3) is 0.143. The monoisotopic (exact) mass is 333 g/mol. The van der Waals surface area contributed by atoms with Crippen LogP contribution in [0.5, 0.6) is 0 Å². The predicted octanol–water partition coefficient (Wildman–Crippen LogP) is 4.21. The van der Waals surface area contributed by atoms with Crippen molar-refractivity contribution in [2.45, 2.75) is 13.5 Å². The highest BCUT2D eigenvalue weighted by Crippen LogP contribution is 2.18. The summed E-state index contributed by atoms with van der Waals surface area (Å²) in [5.74, 6) is 0. The van der Waals surface area contributed by atoms with Gasteiger partial charge >= 0.3 is 0 Å². The van der Waals surface area contributed by atoms with Crippen LogP contribution in [-0.4, -0.2) is 14.5 Å². The summed E-state index contributed by atoms with van der Waals surface area (Å²) < 4.78 is 3.66. The number of hydrogen-bond donors (Lipinski definition) is 1. The van der Waals surface area contributed by atoms with Gasteiger partial charge in [0.05, 0.1) is 12.1 Å². The lowest BCUT2D eigenvalue weighted by atomic mass is 10.1. The van der Waals surface area contributed by atoms with Crippen LogP contribution in [0.4, 0.5) is 0 Å². The summed E-state index contributed by atoms with van der Waals surface area (Å²) in [5.41, 5.74) is 4.31. The molecule has 0 spiro atoms. The lowest BCUT2D eigenvalue weighted by Crippen LogP contribution is -2.00. The quantitative estimate of drug-likeness (QED) is 0.712. The van der Waals surface area contributed by atoms with Crippen LogP contribution >= 0.6 is 28.1 Å². The van der Waals surface area contributed by atoms with Gasteiger partial charge in [-0.25, -0.2) is 4.98 Å². The van der Waals surface area contributed by atoms with Crippen molar-refractivity contribution in [2.24, 2.45) is 0 Å². The average molecular weight is 334 g/mol. The van der Waals surface area contributed by atoms with Crippen LogP contribution in [-0.2, 0) is 6.54 Å². The first-order chi connectivity index (χ1) is 9.13. The molecule has 19 heavy (non-hydrogen) atoms. The normalized spacial score (nSPS) is 11.1. The molecular weight excluding hydrogens is 322 g/mol. The summed E-state index contributed by atoms with van der Waals surface area (Å²) in [4.78, 5) is 7.63. The first-order valence-electron chi connectivity index (χ1n) is 5.93. The lowest BCUT2D eigenvalue weighted by Gasteiger charge is -2.05. The molecule has 96 valence electrons. The maximum absolute atomic E-state index is 5.38. The highest BCUT2D eigenvalue weighted by atomic mass is 79.9. The number of aromatic amines is 1. The molecule has 0 aliphatic rings. The molecule has 0 aliphatic heterocycles. The Bertz CT molecular complexity index is 804. The summed E-state index contributed by atoms with van der Waals surface area (Å²) in [5, 5.41) is 0. The number of halogens is 1. The number of hydrogen-bond acceptors (Lipinski definition) is 2. The van der Waals surface area contributed by atoms with E-state index < -0.39 is 0 Å². The van der Waals surface area contributed by atoms with E-state index in [4.69, 9.17) is 12.2 Å². The molecule has 0 radical (unpaired) electrons. The summed E-state index contributed by atoms with van der Waals surface area (Å²) in [6.07, 6.45) is 1.79. The maximum atomic E-state index is 5.38. The van der Waals surface area contributed by atoms with Crippen LogP contribution < -0.4 is 0 Å². The third-order valence-corrected chi connectivity index (χ3v) is 3.76. The zero-order valence-corrected chi connectivity index (χ0v) is 12.8. The molecular formula is C14H12BrN3S. The zero-order valence-electron chi connectivity index (χ0n) is 10.4. The smallest absolute Gasteiger partial charge is 0.179 e. The second-order valence-electron chi connectivity index (χ2n) is 4.53. The van der Waals surface area contributed by atoms with Gasteiger partial charge in [-0.05, 0) is 46.7 Å². The molecule has 0 unspecified atom stereocenters. The Hall–Kier alpha value is -1.46. The molecule has 0 bridgehead atoms. The van der Waals surface area contributed by atoms with E-state index in [1.54, 1.807) is 6.20 Å². The molecule has 0 amide bonds. The van der Waals surface area contributed by atoms with Gasteiger partial charge < -0.3 is 4.98 Å². The molecule has 3 aromatic rings. The molecule has 0 fully saturated rings. The third kappa shape index (κ3) is 2.48. The SMILES string of the molecule is Cc1cccc(Cn2c(=S)[nH]c3cc(Br)cnc32)c1. The zero-order chi connectivity index (χ0) is 13.4. The van der Waals surface area contributed by atoms with Crippen LogP contribution in [0.3, 0.4) is 0 Å². The molecule has 2 heterocycles. The van der Waals surface area contributed by atoms with E-state index in [1.807, 2.05) is 10.6 Å². The topological polar surface area (TPSA) is 33.6 Å². The Morgan fingerprint density at radius 2 is 2.21 bits per heavy atom. The van der Waals surface area contributed by atoms with Gasteiger partial charge in [-0.1, -0.05) is 29.8 Å². The third-order valence-electron chi connectivity index (χ3n) is 3.00. The summed E-state index contributed by atoms with van der Waals surface area (Å²) in [6, 6.07) is 10.4. The minimum atomic E-state index is 0.696. The predicted molar refractivity (Wildman–Crippen MR) is 82.9 cm³/mol. The number of H-pyrrole nitrogens is 1. The van der Waals surface area contributed by atoms with Crippen molar-refractivity contribution < 1.29 is 0 Å². The highest BCUT2D eigenvalue weighted by Gasteiger charge is 2.07. The minimum absolute atomic E-state index is 0.696. The van der Waals surface area contributed by atoms with Gasteiger partial charge in [0.25, 0.3) is 0 Å². The van der Waals surface area contributed by atoms with Gasteiger partial charge in [0.2, 0.25) is 0 Å². The highest BCUT2D eigenvalue weighted by molar-refractivity contribution is 9.10. The van der Waals surface area contributed by atoms with E-state index >= 15 is 0 Å². The first kappa shape index (κ1) is 12.6. The number of imidazole rings is 1. The Kier molecular flexibility index (Phi) is 3.24. The molecule has 0 aliphatic carbocycles. The average Bonchev–Trinajstić information content (AvgIpc) is 2.65. The van der Waals surface area contributed by atoms with Gasteiger partial charge in [-0.2, -0.15) is 0 Å². The lowest BCUT2D eigenvalue weighted by molar-refractivity contribution is 0.800. The van der Waals surface area contributed by atoms with Crippen molar-refractivity contribution in [3.63, 3.8) is 0 Å². The van der Waals surface area contributed by atoms with Crippen LogP contribution in [0.25, 0.3) is 11.2 Å². The first-order valence-corrected chi connectivity index (χ1v) is 7.13. The van der Waals surface area contributed by atoms with Gasteiger partial charge in [0, 0.05) is 10.7 Å². The molecule has 3 rings (SSSR count). The van der Waals surface area contributed by atoms with Crippen molar-refractivity contribution in [3.05, 3.63) is 56.9 Å². The summed E-state index contributed by atoms with van der Waals surface area (Å²) >= 11 is 8.80.